The number of thiazole rings is 1. The molecule has 0 atom stereocenters. The highest BCUT2D eigenvalue weighted by molar-refractivity contribution is 7.13. The van der Waals surface area contributed by atoms with Crippen molar-refractivity contribution in [1.82, 2.24) is 4.98 Å². The Morgan fingerprint density at radius 2 is 1.92 bits per heavy atom. The normalized spacial score (nSPS) is 10.2. The number of H-pyrrole nitrogens is 1. The molecule has 3 N–H and O–H groups in total. The van der Waals surface area contributed by atoms with Gasteiger partial charge < -0.3 is 10.7 Å². The molecule has 0 fully saturated rings. The number of hydrogen-bond acceptors (Lipinski definition) is 3. The molecule has 0 saturated carbocycles. The number of nitrogens with one attached hydrogen (secondary N) is 1. The Hall–Kier alpha value is -1.55. The highest BCUT2D eigenvalue weighted by atomic mass is 32.1. The number of nitrogens with two attached hydrogens (primary N) is 1. The first-order valence-corrected chi connectivity index (χ1v) is 4.63. The van der Waals surface area contributed by atoms with E-state index in [1.165, 1.54) is 0 Å². The predicted molar refractivity (Wildman–Crippen MR) is 54.8 cm³/mol. The second-order valence-corrected chi connectivity index (χ2v) is 3.63. The second-order valence-electron chi connectivity index (χ2n) is 2.62. The van der Waals surface area contributed by atoms with Crippen molar-refractivity contribution in [3.05, 3.63) is 40.0 Å². The molecule has 1 heterocycles. The molecule has 4 heteroatoms. The minimum atomic E-state index is -0.114. The highest BCUT2D eigenvalue weighted by Crippen LogP contribution is 2.24. The van der Waals surface area contributed by atoms with Crippen molar-refractivity contribution >= 4 is 16.3 Å². The van der Waals surface area contributed by atoms with Crippen molar-refractivity contribution < 1.29 is 0 Å². The lowest BCUT2D eigenvalue weighted by molar-refractivity contribution is 1.34. The van der Waals surface area contributed by atoms with Gasteiger partial charge in [-0.25, -0.2) is 0 Å². The smallest absolute Gasteiger partial charge is 0.306 e. The van der Waals surface area contributed by atoms with E-state index in [0.29, 0.717) is 5.00 Å². The minimum absolute atomic E-state index is 0.114. The summed E-state index contributed by atoms with van der Waals surface area (Å²) in [6, 6.07) is 9.56. The van der Waals surface area contributed by atoms with Gasteiger partial charge >= 0.3 is 4.87 Å². The van der Waals surface area contributed by atoms with Gasteiger partial charge in [-0.15, -0.1) is 0 Å². The molecule has 3 nitrogen and oxygen atoms in total. The first-order valence-electron chi connectivity index (χ1n) is 3.81. The van der Waals surface area contributed by atoms with E-state index in [2.05, 4.69) is 4.98 Å². The van der Waals surface area contributed by atoms with E-state index < -0.39 is 0 Å². The van der Waals surface area contributed by atoms with Crippen LogP contribution in [0, 0.1) is 0 Å². The molecular weight excluding hydrogens is 184 g/mol. The molecule has 13 heavy (non-hydrogen) atoms. The molecule has 0 aliphatic carbocycles. The summed E-state index contributed by atoms with van der Waals surface area (Å²) in [6.07, 6.45) is 0. The fourth-order valence-corrected chi connectivity index (χ4v) is 1.78. The van der Waals surface area contributed by atoms with E-state index in [1.807, 2.05) is 30.3 Å². The van der Waals surface area contributed by atoms with E-state index in [-0.39, 0.29) is 4.87 Å². The van der Waals surface area contributed by atoms with E-state index in [4.69, 9.17) is 5.73 Å². The number of anilines is 1. The molecular formula is C9H8N2OS. The van der Waals surface area contributed by atoms with Crippen LogP contribution in [0.5, 0.6) is 0 Å². The standard InChI is InChI=1S/C9H8N2OS/c10-8-7(11-9(12)13-8)6-4-2-1-3-5-6/h1-5H,10H2,(H,11,12). The van der Waals surface area contributed by atoms with Gasteiger partial charge in [0.05, 0.1) is 5.69 Å². The van der Waals surface area contributed by atoms with Crippen molar-refractivity contribution in [3.63, 3.8) is 0 Å². The number of hydrogen-bond donors (Lipinski definition) is 2. The summed E-state index contributed by atoms with van der Waals surface area (Å²) in [5.74, 6) is 0. The number of rotatable bonds is 1. The van der Waals surface area contributed by atoms with E-state index in [1.54, 1.807) is 0 Å². The summed E-state index contributed by atoms with van der Waals surface area (Å²) < 4.78 is 0. The van der Waals surface area contributed by atoms with Gasteiger partial charge in [0, 0.05) is 5.56 Å². The molecule has 0 saturated heterocycles. The SMILES string of the molecule is Nc1sc(=O)[nH]c1-c1ccccc1. The van der Waals surface area contributed by atoms with Crippen LogP contribution in [0.25, 0.3) is 11.3 Å². The maximum absolute atomic E-state index is 11.0. The third kappa shape index (κ3) is 1.48. The minimum Gasteiger partial charge on any atom is -0.389 e. The van der Waals surface area contributed by atoms with Crippen LogP contribution < -0.4 is 10.6 Å². The van der Waals surface area contributed by atoms with Gasteiger partial charge in [0.2, 0.25) is 0 Å². The third-order valence-electron chi connectivity index (χ3n) is 1.74. The van der Waals surface area contributed by atoms with Gasteiger partial charge in [-0.1, -0.05) is 41.7 Å². The van der Waals surface area contributed by atoms with Crippen molar-refractivity contribution in [3.8, 4) is 11.3 Å². The summed E-state index contributed by atoms with van der Waals surface area (Å²) in [4.78, 5) is 13.6. The maximum atomic E-state index is 11.0. The number of benzene rings is 1. The molecule has 0 bridgehead atoms. The Labute approximate surface area is 78.8 Å². The first-order chi connectivity index (χ1) is 6.27. The summed E-state index contributed by atoms with van der Waals surface area (Å²) >= 11 is 1.03. The Bertz CT molecular complexity index is 458. The van der Waals surface area contributed by atoms with Crippen LogP contribution in [0.4, 0.5) is 5.00 Å². The molecule has 2 aromatic rings. The Kier molecular flexibility index (Phi) is 1.90. The molecule has 66 valence electrons. The zero-order chi connectivity index (χ0) is 9.26. The Balaban J connectivity index is 2.59. The number of aromatic amines is 1. The third-order valence-corrected chi connectivity index (χ3v) is 2.45. The number of aromatic nitrogens is 1. The molecule has 0 spiro atoms. The number of nitrogen functional groups attached to an aromatic ring is 1. The zero-order valence-electron chi connectivity index (χ0n) is 6.78. The van der Waals surface area contributed by atoms with Crippen LogP contribution in [0.15, 0.2) is 35.1 Å². The van der Waals surface area contributed by atoms with Crippen LogP contribution in [0.1, 0.15) is 0 Å². The fraction of sp³-hybridized carbons (Fsp3) is 0. The lowest BCUT2D eigenvalue weighted by Gasteiger charge is -1.96. The Morgan fingerprint density at radius 1 is 1.23 bits per heavy atom. The molecule has 0 unspecified atom stereocenters. The van der Waals surface area contributed by atoms with Crippen LogP contribution >= 0.6 is 11.3 Å². The predicted octanol–water partition coefficient (Wildman–Crippen LogP) is 1.69. The van der Waals surface area contributed by atoms with Crippen LogP contribution in [-0.4, -0.2) is 4.98 Å². The topological polar surface area (TPSA) is 58.9 Å². The Morgan fingerprint density at radius 3 is 2.46 bits per heavy atom. The molecule has 0 amide bonds. The molecule has 2 rings (SSSR count). The first kappa shape index (κ1) is 8.07. The molecule has 0 radical (unpaired) electrons. The van der Waals surface area contributed by atoms with Gasteiger partial charge in [-0.3, -0.25) is 4.79 Å². The van der Waals surface area contributed by atoms with Crippen LogP contribution in [0.2, 0.25) is 0 Å². The largest absolute Gasteiger partial charge is 0.389 e. The van der Waals surface area contributed by atoms with E-state index >= 15 is 0 Å². The molecule has 0 aliphatic rings. The molecule has 1 aromatic carbocycles. The maximum Gasteiger partial charge on any atom is 0.306 e. The van der Waals surface area contributed by atoms with Crippen molar-refractivity contribution in [2.45, 2.75) is 0 Å². The summed E-state index contributed by atoms with van der Waals surface area (Å²) in [5, 5.41) is 0.538. The monoisotopic (exact) mass is 192 g/mol. The quantitative estimate of drug-likeness (QED) is 0.722. The van der Waals surface area contributed by atoms with E-state index in [0.717, 1.165) is 22.6 Å². The van der Waals surface area contributed by atoms with Gasteiger partial charge in [-0.05, 0) is 0 Å². The fourth-order valence-electron chi connectivity index (χ4n) is 1.16. The van der Waals surface area contributed by atoms with Gasteiger partial charge in [0.25, 0.3) is 0 Å². The summed E-state index contributed by atoms with van der Waals surface area (Å²) in [7, 11) is 0. The second kappa shape index (κ2) is 3.06. The zero-order valence-corrected chi connectivity index (χ0v) is 7.60. The lowest BCUT2D eigenvalue weighted by atomic mass is 10.2. The van der Waals surface area contributed by atoms with Crippen LogP contribution in [-0.2, 0) is 0 Å². The average molecular weight is 192 g/mol. The molecule has 0 aliphatic heterocycles. The van der Waals surface area contributed by atoms with E-state index in [9.17, 15) is 4.79 Å². The molecule has 1 aromatic heterocycles. The lowest BCUT2D eigenvalue weighted by Crippen LogP contribution is -1.92. The summed E-state index contributed by atoms with van der Waals surface area (Å²) in [5.41, 5.74) is 7.32. The van der Waals surface area contributed by atoms with Gasteiger partial charge in [-0.2, -0.15) is 0 Å². The average Bonchev–Trinajstić information content (AvgIpc) is 2.47. The van der Waals surface area contributed by atoms with Crippen LogP contribution in [0.3, 0.4) is 0 Å². The van der Waals surface area contributed by atoms with Gasteiger partial charge in [0.15, 0.2) is 0 Å². The highest BCUT2D eigenvalue weighted by Gasteiger charge is 2.05. The van der Waals surface area contributed by atoms with Crippen molar-refractivity contribution in [1.29, 1.82) is 0 Å². The van der Waals surface area contributed by atoms with Gasteiger partial charge in [0.1, 0.15) is 5.00 Å². The van der Waals surface area contributed by atoms with Crippen molar-refractivity contribution in [2.24, 2.45) is 0 Å². The summed E-state index contributed by atoms with van der Waals surface area (Å²) in [6.45, 7) is 0. The van der Waals surface area contributed by atoms with Crippen molar-refractivity contribution in [2.75, 3.05) is 5.73 Å².